The van der Waals surface area contributed by atoms with Gasteiger partial charge in [0.15, 0.2) is 0 Å². The van der Waals surface area contributed by atoms with Crippen LogP contribution >= 0.6 is 11.6 Å². The molecular formula is C15H12ClN3O2. The number of hydrogen-bond donors (Lipinski definition) is 2. The molecule has 0 bridgehead atoms. The summed E-state index contributed by atoms with van der Waals surface area (Å²) in [4.78, 5) is 24.4. The van der Waals surface area contributed by atoms with E-state index >= 15 is 0 Å². The molecule has 0 spiro atoms. The van der Waals surface area contributed by atoms with Crippen LogP contribution in [0.3, 0.4) is 0 Å². The zero-order valence-electron chi connectivity index (χ0n) is 11.0. The molecule has 0 amide bonds. The Bertz CT molecular complexity index is 944. The molecule has 1 aromatic heterocycles. The standard InChI is InChI=1S/C15H12ClN3O2/c16-12-6-5-9(7-13(12)17)8-19-15(21)11-4-2-1-3-10(11)14(20)18-19/h1-7H,8,17H2,(H,18,20). The van der Waals surface area contributed by atoms with E-state index in [1.54, 1.807) is 42.5 Å². The van der Waals surface area contributed by atoms with Crippen LogP contribution in [0.4, 0.5) is 5.69 Å². The van der Waals surface area contributed by atoms with Crippen molar-refractivity contribution in [2.75, 3.05) is 5.73 Å². The number of fused-ring (bicyclic) bond motifs is 1. The highest BCUT2D eigenvalue weighted by atomic mass is 35.5. The van der Waals surface area contributed by atoms with E-state index in [1.807, 2.05) is 0 Å². The summed E-state index contributed by atoms with van der Waals surface area (Å²) in [5.41, 5.74) is 6.41. The van der Waals surface area contributed by atoms with E-state index in [0.717, 1.165) is 5.56 Å². The minimum absolute atomic E-state index is 0.222. The molecule has 3 aromatic rings. The first-order chi connectivity index (χ1) is 10.1. The van der Waals surface area contributed by atoms with E-state index < -0.39 is 0 Å². The monoisotopic (exact) mass is 301 g/mol. The van der Waals surface area contributed by atoms with Crippen LogP contribution in [0.1, 0.15) is 5.56 Å². The number of nitrogens with zero attached hydrogens (tertiary/aromatic N) is 1. The number of nitrogens with two attached hydrogens (primary N) is 1. The number of halogens is 1. The Balaban J connectivity index is 2.13. The fourth-order valence-corrected chi connectivity index (χ4v) is 2.35. The lowest BCUT2D eigenvalue weighted by molar-refractivity contribution is 0.637. The highest BCUT2D eigenvalue weighted by Crippen LogP contribution is 2.19. The van der Waals surface area contributed by atoms with Crippen molar-refractivity contribution in [2.24, 2.45) is 0 Å². The third kappa shape index (κ3) is 2.43. The Morgan fingerprint density at radius 1 is 1.10 bits per heavy atom. The van der Waals surface area contributed by atoms with Gasteiger partial charge >= 0.3 is 0 Å². The second-order valence-electron chi connectivity index (χ2n) is 4.73. The van der Waals surface area contributed by atoms with Gasteiger partial charge in [-0.25, -0.2) is 4.68 Å². The molecule has 0 saturated carbocycles. The van der Waals surface area contributed by atoms with E-state index in [-0.39, 0.29) is 17.7 Å². The third-order valence-corrected chi connectivity index (χ3v) is 3.63. The van der Waals surface area contributed by atoms with Crippen LogP contribution in [0.5, 0.6) is 0 Å². The fourth-order valence-electron chi connectivity index (χ4n) is 2.23. The maximum atomic E-state index is 12.4. The van der Waals surface area contributed by atoms with E-state index in [4.69, 9.17) is 17.3 Å². The Morgan fingerprint density at radius 2 is 1.81 bits per heavy atom. The van der Waals surface area contributed by atoms with E-state index in [0.29, 0.717) is 21.5 Å². The zero-order chi connectivity index (χ0) is 15.0. The maximum Gasteiger partial charge on any atom is 0.273 e. The SMILES string of the molecule is Nc1cc(Cn2[nH]c(=O)c3ccccc3c2=O)ccc1Cl. The number of anilines is 1. The van der Waals surface area contributed by atoms with Gasteiger partial charge in [-0.15, -0.1) is 0 Å². The Morgan fingerprint density at radius 3 is 2.52 bits per heavy atom. The van der Waals surface area contributed by atoms with Crippen LogP contribution in [0.25, 0.3) is 10.8 Å². The Labute approximate surface area is 124 Å². The molecule has 0 radical (unpaired) electrons. The number of H-pyrrole nitrogens is 1. The van der Waals surface area contributed by atoms with Gasteiger partial charge in [0.05, 0.1) is 28.0 Å². The smallest absolute Gasteiger partial charge is 0.273 e. The average molecular weight is 302 g/mol. The number of rotatable bonds is 2. The Kier molecular flexibility index (Phi) is 3.27. The van der Waals surface area contributed by atoms with Crippen LogP contribution in [0.15, 0.2) is 52.1 Å². The van der Waals surface area contributed by atoms with Crippen LogP contribution in [0, 0.1) is 0 Å². The van der Waals surface area contributed by atoms with Crippen LogP contribution in [-0.2, 0) is 6.54 Å². The van der Waals surface area contributed by atoms with E-state index in [1.165, 1.54) is 4.68 Å². The summed E-state index contributed by atoms with van der Waals surface area (Å²) in [6.07, 6.45) is 0. The molecule has 2 aromatic carbocycles. The van der Waals surface area contributed by atoms with Crippen LogP contribution < -0.4 is 16.9 Å². The molecular weight excluding hydrogens is 290 g/mol. The first-order valence-electron chi connectivity index (χ1n) is 6.32. The molecule has 0 saturated heterocycles. The van der Waals surface area contributed by atoms with Crippen molar-refractivity contribution in [3.05, 3.63) is 73.8 Å². The van der Waals surface area contributed by atoms with E-state index in [9.17, 15) is 9.59 Å². The molecule has 106 valence electrons. The molecule has 3 N–H and O–H groups in total. The van der Waals surface area contributed by atoms with Gasteiger partial charge in [-0.2, -0.15) is 0 Å². The molecule has 0 aliphatic heterocycles. The van der Waals surface area contributed by atoms with Crippen LogP contribution in [0.2, 0.25) is 5.02 Å². The number of nitrogen functional groups attached to an aromatic ring is 1. The lowest BCUT2D eigenvalue weighted by Gasteiger charge is -2.08. The molecule has 5 nitrogen and oxygen atoms in total. The van der Waals surface area contributed by atoms with Gasteiger partial charge < -0.3 is 5.73 Å². The first-order valence-corrected chi connectivity index (χ1v) is 6.70. The molecule has 3 rings (SSSR count). The summed E-state index contributed by atoms with van der Waals surface area (Å²) >= 11 is 5.87. The minimum Gasteiger partial charge on any atom is -0.398 e. The second-order valence-corrected chi connectivity index (χ2v) is 5.14. The zero-order valence-corrected chi connectivity index (χ0v) is 11.7. The lowest BCUT2D eigenvalue weighted by Crippen LogP contribution is -2.30. The van der Waals surface area contributed by atoms with Crippen molar-refractivity contribution < 1.29 is 0 Å². The molecule has 0 atom stereocenters. The number of aromatic nitrogens is 2. The van der Waals surface area contributed by atoms with Gasteiger partial charge in [-0.1, -0.05) is 29.8 Å². The van der Waals surface area contributed by atoms with Gasteiger partial charge in [-0.05, 0) is 29.8 Å². The predicted molar refractivity (Wildman–Crippen MR) is 83.8 cm³/mol. The van der Waals surface area contributed by atoms with Crippen molar-refractivity contribution >= 4 is 28.1 Å². The van der Waals surface area contributed by atoms with Crippen molar-refractivity contribution in [3.8, 4) is 0 Å². The number of benzene rings is 2. The number of nitrogens with one attached hydrogen (secondary N) is 1. The van der Waals surface area contributed by atoms with Gasteiger partial charge in [0.2, 0.25) is 0 Å². The molecule has 1 heterocycles. The normalized spacial score (nSPS) is 10.9. The maximum absolute atomic E-state index is 12.4. The van der Waals surface area contributed by atoms with Gasteiger partial charge in [0, 0.05) is 0 Å². The topological polar surface area (TPSA) is 80.9 Å². The van der Waals surface area contributed by atoms with Gasteiger partial charge in [0.1, 0.15) is 0 Å². The molecule has 0 aliphatic rings. The fraction of sp³-hybridized carbons (Fsp3) is 0.0667. The minimum atomic E-state index is -0.299. The highest BCUT2D eigenvalue weighted by molar-refractivity contribution is 6.33. The number of hydrogen-bond acceptors (Lipinski definition) is 3. The summed E-state index contributed by atoms with van der Waals surface area (Å²) in [6, 6.07) is 11.8. The first kappa shape index (κ1) is 13.5. The van der Waals surface area contributed by atoms with Crippen molar-refractivity contribution in [1.82, 2.24) is 9.78 Å². The lowest BCUT2D eigenvalue weighted by atomic mass is 10.2. The quantitative estimate of drug-likeness (QED) is 0.710. The molecule has 0 aliphatic carbocycles. The summed E-state index contributed by atoms with van der Waals surface area (Å²) in [5.74, 6) is 0. The van der Waals surface area contributed by atoms with Crippen molar-refractivity contribution in [3.63, 3.8) is 0 Å². The average Bonchev–Trinajstić information content (AvgIpc) is 2.48. The molecule has 6 heteroatoms. The summed E-state index contributed by atoms with van der Waals surface area (Å²) in [6.45, 7) is 0.222. The predicted octanol–water partition coefficient (Wildman–Crippen LogP) is 1.97. The molecule has 0 fully saturated rings. The Hall–Kier alpha value is -2.53. The van der Waals surface area contributed by atoms with Gasteiger partial charge in [-0.3, -0.25) is 14.7 Å². The van der Waals surface area contributed by atoms with Gasteiger partial charge in [0.25, 0.3) is 11.1 Å². The summed E-state index contributed by atoms with van der Waals surface area (Å²) in [5, 5.41) is 3.81. The third-order valence-electron chi connectivity index (χ3n) is 3.28. The number of aromatic amines is 1. The second kappa shape index (κ2) is 5.10. The van der Waals surface area contributed by atoms with E-state index in [2.05, 4.69) is 5.10 Å². The molecule has 21 heavy (non-hydrogen) atoms. The highest BCUT2D eigenvalue weighted by Gasteiger charge is 2.07. The molecule has 0 unspecified atom stereocenters. The summed E-state index contributed by atoms with van der Waals surface area (Å²) < 4.78 is 1.27. The van der Waals surface area contributed by atoms with Crippen LogP contribution in [-0.4, -0.2) is 9.78 Å². The largest absolute Gasteiger partial charge is 0.398 e. The van der Waals surface area contributed by atoms with Crippen molar-refractivity contribution in [2.45, 2.75) is 6.54 Å². The van der Waals surface area contributed by atoms with Crippen molar-refractivity contribution in [1.29, 1.82) is 0 Å². The summed E-state index contributed by atoms with van der Waals surface area (Å²) in [7, 11) is 0.